The molecule has 0 bridgehead atoms. The Morgan fingerprint density at radius 2 is 2.26 bits per heavy atom. The lowest BCUT2D eigenvalue weighted by atomic mass is 10.1. The summed E-state index contributed by atoms with van der Waals surface area (Å²) in [5, 5.41) is 2.84. The Hall–Kier alpha value is -1.99. The third kappa shape index (κ3) is 5.96. The molecule has 1 heterocycles. The number of primary amides is 1. The average molecular weight is 324 g/mol. The van der Waals surface area contributed by atoms with Crippen molar-refractivity contribution in [2.75, 3.05) is 19.8 Å². The zero-order valence-electron chi connectivity index (χ0n) is 12.8. The summed E-state index contributed by atoms with van der Waals surface area (Å²) in [6, 6.07) is 5.85. The molecule has 1 fully saturated rings. The number of hydrogen-bond acceptors (Lipinski definition) is 4. The van der Waals surface area contributed by atoms with Crippen molar-refractivity contribution in [3.8, 4) is 0 Å². The molecule has 2 rings (SSSR count). The molecule has 0 radical (unpaired) electrons. The van der Waals surface area contributed by atoms with Crippen molar-refractivity contribution in [1.29, 1.82) is 0 Å². The SMILES string of the molecule is NC(=O)CO[C@@H]1CCOC[C@@H]1NC(=O)CCc1cccc(F)c1. The number of amides is 2. The second-order valence-electron chi connectivity index (χ2n) is 5.48. The van der Waals surface area contributed by atoms with Crippen molar-refractivity contribution in [3.63, 3.8) is 0 Å². The summed E-state index contributed by atoms with van der Waals surface area (Å²) in [6.07, 6.45) is 0.976. The van der Waals surface area contributed by atoms with Crippen molar-refractivity contribution >= 4 is 11.8 Å². The topological polar surface area (TPSA) is 90.7 Å². The van der Waals surface area contributed by atoms with Gasteiger partial charge in [0.1, 0.15) is 12.4 Å². The summed E-state index contributed by atoms with van der Waals surface area (Å²) in [5.74, 6) is -1.03. The van der Waals surface area contributed by atoms with Crippen LogP contribution in [0.1, 0.15) is 18.4 Å². The molecule has 2 amide bonds. The number of halogens is 1. The molecule has 0 aromatic heterocycles. The summed E-state index contributed by atoms with van der Waals surface area (Å²) in [5.41, 5.74) is 5.83. The summed E-state index contributed by atoms with van der Waals surface area (Å²) in [7, 11) is 0. The largest absolute Gasteiger partial charge is 0.379 e. The third-order valence-corrected chi connectivity index (χ3v) is 3.61. The number of hydrogen-bond donors (Lipinski definition) is 2. The molecule has 0 aliphatic carbocycles. The minimum Gasteiger partial charge on any atom is -0.379 e. The van der Waals surface area contributed by atoms with Crippen LogP contribution in [0.5, 0.6) is 0 Å². The van der Waals surface area contributed by atoms with E-state index in [1.165, 1.54) is 12.1 Å². The van der Waals surface area contributed by atoms with E-state index in [0.717, 1.165) is 5.56 Å². The molecule has 126 valence electrons. The van der Waals surface area contributed by atoms with Crippen LogP contribution in [-0.4, -0.2) is 43.8 Å². The minimum absolute atomic E-state index is 0.169. The van der Waals surface area contributed by atoms with Crippen LogP contribution in [0.25, 0.3) is 0 Å². The standard InChI is InChI=1S/C16H21FN2O4/c17-12-3-1-2-11(8-12)4-5-16(21)19-13-9-22-7-6-14(13)23-10-15(18)20/h1-3,8,13-14H,4-7,9-10H2,(H2,18,20)(H,19,21)/t13-,14+/m0/s1. The molecule has 1 aromatic carbocycles. The molecule has 0 unspecified atom stereocenters. The average Bonchev–Trinajstić information content (AvgIpc) is 2.52. The molecule has 1 aliphatic heterocycles. The van der Waals surface area contributed by atoms with E-state index in [-0.39, 0.29) is 36.9 Å². The Balaban J connectivity index is 1.81. The van der Waals surface area contributed by atoms with E-state index >= 15 is 0 Å². The maximum Gasteiger partial charge on any atom is 0.243 e. The Morgan fingerprint density at radius 3 is 3.00 bits per heavy atom. The normalized spacial score (nSPS) is 20.9. The van der Waals surface area contributed by atoms with Crippen LogP contribution in [0.4, 0.5) is 4.39 Å². The van der Waals surface area contributed by atoms with Gasteiger partial charge in [-0.05, 0) is 30.5 Å². The van der Waals surface area contributed by atoms with E-state index in [1.807, 2.05) is 0 Å². The summed E-state index contributed by atoms with van der Waals surface area (Å²) in [4.78, 5) is 22.9. The lowest BCUT2D eigenvalue weighted by Crippen LogP contribution is -2.51. The van der Waals surface area contributed by atoms with Gasteiger partial charge in [-0.2, -0.15) is 0 Å². The molecule has 1 aromatic rings. The molecule has 0 spiro atoms. The summed E-state index contributed by atoms with van der Waals surface area (Å²) < 4.78 is 23.8. The Bertz CT molecular complexity index is 553. The van der Waals surface area contributed by atoms with E-state index in [0.29, 0.717) is 26.1 Å². The first kappa shape index (κ1) is 17.4. The fourth-order valence-corrected chi connectivity index (χ4v) is 2.47. The second-order valence-corrected chi connectivity index (χ2v) is 5.48. The van der Waals surface area contributed by atoms with Crippen molar-refractivity contribution in [3.05, 3.63) is 35.6 Å². The second kappa shape index (κ2) is 8.59. The lowest BCUT2D eigenvalue weighted by molar-refractivity contribution is -0.131. The van der Waals surface area contributed by atoms with E-state index in [1.54, 1.807) is 12.1 Å². The van der Waals surface area contributed by atoms with Crippen LogP contribution in [0.15, 0.2) is 24.3 Å². The maximum atomic E-state index is 13.1. The summed E-state index contributed by atoms with van der Waals surface area (Å²) in [6.45, 7) is 0.661. The van der Waals surface area contributed by atoms with Crippen molar-refractivity contribution in [1.82, 2.24) is 5.32 Å². The molecule has 2 atom stereocenters. The molecule has 23 heavy (non-hydrogen) atoms. The zero-order valence-corrected chi connectivity index (χ0v) is 12.8. The molecule has 1 saturated heterocycles. The smallest absolute Gasteiger partial charge is 0.243 e. The van der Waals surface area contributed by atoms with Gasteiger partial charge < -0.3 is 20.5 Å². The highest BCUT2D eigenvalue weighted by molar-refractivity contribution is 5.76. The van der Waals surface area contributed by atoms with Gasteiger partial charge in [0.15, 0.2) is 0 Å². The monoisotopic (exact) mass is 324 g/mol. The minimum atomic E-state index is -0.548. The molecular formula is C16H21FN2O4. The van der Waals surface area contributed by atoms with Crippen molar-refractivity contribution in [2.24, 2.45) is 5.73 Å². The Kier molecular flexibility index (Phi) is 6.49. The van der Waals surface area contributed by atoms with Crippen LogP contribution in [-0.2, 0) is 25.5 Å². The molecule has 6 nitrogen and oxygen atoms in total. The highest BCUT2D eigenvalue weighted by Gasteiger charge is 2.28. The zero-order chi connectivity index (χ0) is 16.7. The summed E-state index contributed by atoms with van der Waals surface area (Å²) >= 11 is 0. The van der Waals surface area contributed by atoms with Gasteiger partial charge in [-0.3, -0.25) is 9.59 Å². The van der Waals surface area contributed by atoms with E-state index < -0.39 is 5.91 Å². The van der Waals surface area contributed by atoms with Gasteiger partial charge in [0.05, 0.1) is 18.8 Å². The highest BCUT2D eigenvalue weighted by atomic mass is 19.1. The highest BCUT2D eigenvalue weighted by Crippen LogP contribution is 2.13. The lowest BCUT2D eigenvalue weighted by Gasteiger charge is -2.31. The Labute approximate surface area is 134 Å². The van der Waals surface area contributed by atoms with Gasteiger partial charge in [0, 0.05) is 13.0 Å². The quantitative estimate of drug-likeness (QED) is 0.766. The van der Waals surface area contributed by atoms with Gasteiger partial charge >= 0.3 is 0 Å². The van der Waals surface area contributed by atoms with Crippen molar-refractivity contribution < 1.29 is 23.5 Å². The van der Waals surface area contributed by atoms with Gasteiger partial charge in [0.25, 0.3) is 0 Å². The molecule has 7 heteroatoms. The fraction of sp³-hybridized carbons (Fsp3) is 0.500. The van der Waals surface area contributed by atoms with Crippen LogP contribution in [0.3, 0.4) is 0 Å². The van der Waals surface area contributed by atoms with Crippen LogP contribution in [0.2, 0.25) is 0 Å². The first-order valence-corrected chi connectivity index (χ1v) is 7.56. The van der Waals surface area contributed by atoms with Gasteiger partial charge in [-0.15, -0.1) is 0 Å². The van der Waals surface area contributed by atoms with E-state index in [2.05, 4.69) is 5.32 Å². The first-order chi connectivity index (χ1) is 11.0. The van der Waals surface area contributed by atoms with Crippen LogP contribution < -0.4 is 11.1 Å². The predicted molar refractivity (Wildman–Crippen MR) is 81.0 cm³/mol. The predicted octanol–water partition coefficient (Wildman–Crippen LogP) is 0.534. The number of nitrogens with two attached hydrogens (primary N) is 1. The maximum absolute atomic E-state index is 13.1. The molecule has 1 aliphatic rings. The number of ether oxygens (including phenoxy) is 2. The van der Waals surface area contributed by atoms with Crippen LogP contribution >= 0.6 is 0 Å². The molecular weight excluding hydrogens is 303 g/mol. The van der Waals surface area contributed by atoms with Crippen LogP contribution in [0, 0.1) is 5.82 Å². The van der Waals surface area contributed by atoms with Gasteiger partial charge in [0.2, 0.25) is 11.8 Å². The number of carbonyl (C=O) groups excluding carboxylic acids is 2. The van der Waals surface area contributed by atoms with E-state index in [9.17, 15) is 14.0 Å². The molecule has 3 N–H and O–H groups in total. The third-order valence-electron chi connectivity index (χ3n) is 3.61. The van der Waals surface area contributed by atoms with E-state index in [4.69, 9.17) is 15.2 Å². The molecule has 0 saturated carbocycles. The number of aryl methyl sites for hydroxylation is 1. The van der Waals surface area contributed by atoms with Crippen molar-refractivity contribution in [2.45, 2.75) is 31.4 Å². The number of benzene rings is 1. The Morgan fingerprint density at radius 1 is 1.43 bits per heavy atom. The van der Waals surface area contributed by atoms with Gasteiger partial charge in [-0.25, -0.2) is 4.39 Å². The number of carbonyl (C=O) groups is 2. The first-order valence-electron chi connectivity index (χ1n) is 7.56. The number of rotatable bonds is 7. The number of nitrogens with one attached hydrogen (secondary N) is 1. The van der Waals surface area contributed by atoms with Gasteiger partial charge in [-0.1, -0.05) is 12.1 Å². The fourth-order valence-electron chi connectivity index (χ4n) is 2.47.